The van der Waals surface area contributed by atoms with Gasteiger partial charge < -0.3 is 9.84 Å². The summed E-state index contributed by atoms with van der Waals surface area (Å²) in [5.74, 6) is -0.214. The van der Waals surface area contributed by atoms with Crippen LogP contribution in [0, 0.1) is 13.8 Å². The van der Waals surface area contributed by atoms with Gasteiger partial charge in [-0.1, -0.05) is 41.5 Å². The topological polar surface area (TPSA) is 46.5 Å². The number of hydrogen-bond donors (Lipinski definition) is 1. The zero-order chi connectivity index (χ0) is 15.4. The highest BCUT2D eigenvalue weighted by Crippen LogP contribution is 2.26. The molecule has 0 fully saturated rings. The minimum Gasteiger partial charge on any atom is -0.497 e. The molecule has 2 rings (SSSR count). The summed E-state index contributed by atoms with van der Waals surface area (Å²) in [4.78, 5) is 11.1. The van der Waals surface area contributed by atoms with E-state index in [-0.39, 0.29) is 0 Å². The van der Waals surface area contributed by atoms with Crippen molar-refractivity contribution in [2.45, 2.75) is 13.8 Å². The van der Waals surface area contributed by atoms with Crippen LogP contribution in [0.3, 0.4) is 0 Å². The monoisotopic (exact) mass is 282 g/mol. The lowest BCUT2D eigenvalue weighted by molar-refractivity contribution is -0.131. The zero-order valence-electron chi connectivity index (χ0n) is 12.4. The van der Waals surface area contributed by atoms with Gasteiger partial charge in [-0.05, 0) is 42.7 Å². The van der Waals surface area contributed by atoms with E-state index in [9.17, 15) is 4.79 Å². The lowest BCUT2D eigenvalue weighted by atomic mass is 9.94. The first-order chi connectivity index (χ1) is 9.99. The molecule has 0 saturated heterocycles. The van der Waals surface area contributed by atoms with Gasteiger partial charge in [0.1, 0.15) is 5.75 Å². The van der Waals surface area contributed by atoms with E-state index < -0.39 is 5.97 Å². The van der Waals surface area contributed by atoms with Crippen LogP contribution in [0.1, 0.15) is 22.3 Å². The smallest absolute Gasteiger partial charge is 0.328 e. The van der Waals surface area contributed by atoms with Crippen LogP contribution < -0.4 is 4.74 Å². The third-order valence-corrected chi connectivity index (χ3v) is 3.20. The van der Waals surface area contributed by atoms with Gasteiger partial charge in [-0.3, -0.25) is 0 Å². The average molecular weight is 282 g/mol. The van der Waals surface area contributed by atoms with Gasteiger partial charge in [0.25, 0.3) is 0 Å². The molecule has 1 N–H and O–H groups in total. The fraction of sp³-hybridized carbons (Fsp3) is 0.167. The molecule has 2 aromatic carbocycles. The predicted molar refractivity (Wildman–Crippen MR) is 83.6 cm³/mol. The molecule has 3 nitrogen and oxygen atoms in total. The van der Waals surface area contributed by atoms with Crippen molar-refractivity contribution in [3.8, 4) is 5.75 Å². The fourth-order valence-electron chi connectivity index (χ4n) is 2.36. The lowest BCUT2D eigenvalue weighted by Crippen LogP contribution is -1.96. The van der Waals surface area contributed by atoms with Gasteiger partial charge in [0, 0.05) is 6.08 Å². The molecule has 0 aliphatic rings. The molecule has 0 aromatic heterocycles. The summed E-state index contributed by atoms with van der Waals surface area (Å²) in [7, 11) is 1.60. The fourth-order valence-corrected chi connectivity index (χ4v) is 2.36. The minimum atomic E-state index is -0.958. The Kier molecular flexibility index (Phi) is 4.43. The Morgan fingerprint density at radius 1 is 1.00 bits per heavy atom. The lowest BCUT2D eigenvalue weighted by Gasteiger charge is -2.11. The number of aryl methyl sites for hydroxylation is 2. The molecule has 0 bridgehead atoms. The number of ether oxygens (including phenoxy) is 1. The highest BCUT2D eigenvalue weighted by molar-refractivity contribution is 5.95. The van der Waals surface area contributed by atoms with Crippen molar-refractivity contribution >= 4 is 11.5 Å². The average Bonchev–Trinajstić information content (AvgIpc) is 2.43. The van der Waals surface area contributed by atoms with Crippen molar-refractivity contribution < 1.29 is 14.6 Å². The van der Waals surface area contributed by atoms with Gasteiger partial charge in [-0.2, -0.15) is 0 Å². The molecule has 3 heteroatoms. The van der Waals surface area contributed by atoms with E-state index >= 15 is 0 Å². The van der Waals surface area contributed by atoms with Crippen LogP contribution >= 0.6 is 0 Å². The molecule has 108 valence electrons. The molecule has 0 atom stereocenters. The Balaban J connectivity index is 2.55. The third-order valence-electron chi connectivity index (χ3n) is 3.20. The first kappa shape index (κ1) is 14.9. The maximum Gasteiger partial charge on any atom is 0.328 e. The van der Waals surface area contributed by atoms with E-state index in [0.29, 0.717) is 5.57 Å². The van der Waals surface area contributed by atoms with Gasteiger partial charge in [0.05, 0.1) is 7.11 Å². The molecule has 0 aliphatic carbocycles. The molecule has 0 radical (unpaired) electrons. The number of carboxylic acids is 1. The van der Waals surface area contributed by atoms with Crippen molar-refractivity contribution in [2.24, 2.45) is 0 Å². The van der Waals surface area contributed by atoms with Crippen LogP contribution in [-0.4, -0.2) is 18.2 Å². The molecule has 0 spiro atoms. The van der Waals surface area contributed by atoms with E-state index in [1.54, 1.807) is 7.11 Å². The van der Waals surface area contributed by atoms with E-state index in [1.165, 1.54) is 6.08 Å². The second-order valence-corrected chi connectivity index (χ2v) is 5.00. The standard InChI is InChI=1S/C18H18O3/c1-12-8-13(2)10-15(9-12)17(11-18(19)20)14-4-6-16(21-3)7-5-14/h4-11H,1-3H3,(H,19,20)/b17-11+. The molecule has 0 heterocycles. The summed E-state index contributed by atoms with van der Waals surface area (Å²) in [6.07, 6.45) is 1.25. The van der Waals surface area contributed by atoms with Crippen molar-refractivity contribution in [2.75, 3.05) is 7.11 Å². The van der Waals surface area contributed by atoms with Gasteiger partial charge >= 0.3 is 5.97 Å². The van der Waals surface area contributed by atoms with Gasteiger partial charge in [0.15, 0.2) is 0 Å². The maximum atomic E-state index is 11.1. The number of carboxylic acid groups (broad SMARTS) is 1. The Morgan fingerprint density at radius 2 is 1.57 bits per heavy atom. The molecule has 0 saturated carbocycles. The summed E-state index contributed by atoms with van der Waals surface area (Å²) >= 11 is 0. The summed E-state index contributed by atoms with van der Waals surface area (Å²) in [5, 5.41) is 9.14. The largest absolute Gasteiger partial charge is 0.497 e. The van der Waals surface area contributed by atoms with E-state index in [1.807, 2.05) is 50.2 Å². The van der Waals surface area contributed by atoms with Crippen LogP contribution in [0.25, 0.3) is 5.57 Å². The predicted octanol–water partition coefficient (Wildman–Crippen LogP) is 3.83. The number of benzene rings is 2. The first-order valence-electron chi connectivity index (χ1n) is 6.67. The summed E-state index contributed by atoms with van der Waals surface area (Å²) in [6, 6.07) is 13.4. The minimum absolute atomic E-state index is 0.692. The van der Waals surface area contributed by atoms with Gasteiger partial charge in [-0.25, -0.2) is 4.79 Å². The molecule has 0 aliphatic heterocycles. The van der Waals surface area contributed by atoms with Crippen LogP contribution in [-0.2, 0) is 4.79 Å². The second-order valence-electron chi connectivity index (χ2n) is 5.00. The van der Waals surface area contributed by atoms with E-state index in [0.717, 1.165) is 28.0 Å². The first-order valence-corrected chi connectivity index (χ1v) is 6.67. The maximum absolute atomic E-state index is 11.1. The second kappa shape index (κ2) is 6.27. The SMILES string of the molecule is COc1ccc(/C(=C\C(=O)O)c2cc(C)cc(C)c2)cc1. The molecular formula is C18H18O3. The van der Waals surface area contributed by atoms with Crippen molar-refractivity contribution in [3.63, 3.8) is 0 Å². The number of methoxy groups -OCH3 is 1. The Morgan fingerprint density at radius 3 is 2.05 bits per heavy atom. The highest BCUT2D eigenvalue weighted by atomic mass is 16.5. The van der Waals surface area contributed by atoms with Crippen LogP contribution in [0.4, 0.5) is 0 Å². The Labute approximate surface area is 124 Å². The van der Waals surface area contributed by atoms with Crippen LogP contribution in [0.5, 0.6) is 5.75 Å². The van der Waals surface area contributed by atoms with Crippen LogP contribution in [0.2, 0.25) is 0 Å². The van der Waals surface area contributed by atoms with E-state index in [2.05, 4.69) is 6.07 Å². The summed E-state index contributed by atoms with van der Waals surface area (Å²) in [5.41, 5.74) is 4.66. The van der Waals surface area contributed by atoms with Gasteiger partial charge in [0.2, 0.25) is 0 Å². The van der Waals surface area contributed by atoms with Crippen LogP contribution in [0.15, 0.2) is 48.5 Å². The van der Waals surface area contributed by atoms with Gasteiger partial charge in [-0.15, -0.1) is 0 Å². The molecular weight excluding hydrogens is 264 g/mol. The molecule has 2 aromatic rings. The third kappa shape index (κ3) is 3.72. The quantitative estimate of drug-likeness (QED) is 0.867. The summed E-state index contributed by atoms with van der Waals surface area (Å²) in [6.45, 7) is 4.01. The van der Waals surface area contributed by atoms with Crippen molar-refractivity contribution in [1.29, 1.82) is 0 Å². The molecule has 0 unspecified atom stereocenters. The van der Waals surface area contributed by atoms with E-state index in [4.69, 9.17) is 9.84 Å². The highest BCUT2D eigenvalue weighted by Gasteiger charge is 2.09. The zero-order valence-corrected chi connectivity index (χ0v) is 12.4. The Bertz CT molecular complexity index is 662. The number of rotatable bonds is 4. The van der Waals surface area contributed by atoms with Crippen molar-refractivity contribution in [1.82, 2.24) is 0 Å². The number of aliphatic carboxylic acids is 1. The normalized spacial score (nSPS) is 11.3. The number of carbonyl (C=O) groups is 1. The number of hydrogen-bond acceptors (Lipinski definition) is 2. The Hall–Kier alpha value is -2.55. The molecule has 0 amide bonds. The summed E-state index contributed by atoms with van der Waals surface area (Å²) < 4.78 is 5.14. The van der Waals surface area contributed by atoms with Crippen molar-refractivity contribution in [3.05, 3.63) is 70.8 Å². The molecule has 21 heavy (non-hydrogen) atoms.